The fourth-order valence-corrected chi connectivity index (χ4v) is 5.38. The molecule has 2 heterocycles. The standard InChI is InChI=1S/C19H19ClN2OS3/c1-19(2,23)9-8-15-6-7-16(26-15)17-22(10-11-25-17)18(24)21-14-5-3-4-13(20)12-14/h3-7,12,17,23H,10-11H2,1-2H3,(H,21,24). The first kappa shape index (κ1) is 19.5. The maximum absolute atomic E-state index is 9.76. The van der Waals surface area contributed by atoms with Gasteiger partial charge in [-0.3, -0.25) is 0 Å². The molecule has 1 aromatic carbocycles. The van der Waals surface area contributed by atoms with E-state index in [9.17, 15) is 5.11 Å². The van der Waals surface area contributed by atoms with Gasteiger partial charge in [-0.15, -0.1) is 23.1 Å². The molecule has 0 amide bonds. The van der Waals surface area contributed by atoms with E-state index in [2.05, 4.69) is 28.1 Å². The average molecular weight is 423 g/mol. The summed E-state index contributed by atoms with van der Waals surface area (Å²) in [6, 6.07) is 11.6. The number of rotatable bonds is 2. The second kappa shape index (κ2) is 8.20. The van der Waals surface area contributed by atoms with Gasteiger partial charge >= 0.3 is 0 Å². The second-order valence-corrected chi connectivity index (χ2v) is 9.49. The number of thiocarbonyl (C=S) groups is 1. The molecule has 7 heteroatoms. The summed E-state index contributed by atoms with van der Waals surface area (Å²) in [7, 11) is 0. The number of thioether (sulfide) groups is 1. The van der Waals surface area contributed by atoms with Crippen molar-refractivity contribution < 1.29 is 5.11 Å². The van der Waals surface area contributed by atoms with Crippen molar-refractivity contribution in [1.82, 2.24) is 4.90 Å². The molecule has 0 aliphatic carbocycles. The molecule has 1 fully saturated rings. The molecular formula is C19H19ClN2OS3. The molecule has 2 N–H and O–H groups in total. The van der Waals surface area contributed by atoms with E-state index >= 15 is 0 Å². The Bertz CT molecular complexity index is 863. The normalized spacial score (nSPS) is 16.9. The van der Waals surface area contributed by atoms with E-state index < -0.39 is 5.60 Å². The van der Waals surface area contributed by atoms with Crippen LogP contribution in [0.2, 0.25) is 5.02 Å². The lowest BCUT2D eigenvalue weighted by atomic mass is 10.1. The fourth-order valence-electron chi connectivity index (χ4n) is 2.44. The first-order chi connectivity index (χ1) is 12.3. The number of hydrogen-bond acceptors (Lipinski definition) is 4. The number of thiophene rings is 1. The third kappa shape index (κ3) is 5.15. The lowest BCUT2D eigenvalue weighted by Crippen LogP contribution is -2.33. The van der Waals surface area contributed by atoms with E-state index in [1.807, 2.05) is 42.1 Å². The highest BCUT2D eigenvalue weighted by molar-refractivity contribution is 7.99. The summed E-state index contributed by atoms with van der Waals surface area (Å²) >= 11 is 15.2. The first-order valence-electron chi connectivity index (χ1n) is 8.12. The fraction of sp³-hybridized carbons (Fsp3) is 0.316. The SMILES string of the molecule is CC(C)(O)C#Cc1ccc(C2SCCN2C(=S)Nc2cccc(Cl)c2)s1. The summed E-state index contributed by atoms with van der Waals surface area (Å²) in [5.41, 5.74) is -0.0955. The molecule has 3 rings (SSSR count). The molecule has 0 saturated carbocycles. The zero-order valence-electron chi connectivity index (χ0n) is 14.5. The van der Waals surface area contributed by atoms with Crippen LogP contribution in [-0.2, 0) is 0 Å². The summed E-state index contributed by atoms with van der Waals surface area (Å²) in [4.78, 5) is 4.35. The Hall–Kier alpha value is -1.23. The zero-order valence-corrected chi connectivity index (χ0v) is 17.7. The van der Waals surface area contributed by atoms with Crippen molar-refractivity contribution in [3.05, 3.63) is 51.2 Å². The topological polar surface area (TPSA) is 35.5 Å². The van der Waals surface area contributed by atoms with Crippen molar-refractivity contribution in [3.63, 3.8) is 0 Å². The van der Waals surface area contributed by atoms with Crippen LogP contribution in [0, 0.1) is 11.8 Å². The number of benzene rings is 1. The van der Waals surface area contributed by atoms with Crippen molar-refractivity contribution in [2.24, 2.45) is 0 Å². The van der Waals surface area contributed by atoms with Crippen LogP contribution < -0.4 is 5.32 Å². The highest BCUT2D eigenvalue weighted by Gasteiger charge is 2.29. The molecule has 26 heavy (non-hydrogen) atoms. The molecule has 1 saturated heterocycles. The summed E-state index contributed by atoms with van der Waals surface area (Å²) in [6.07, 6.45) is 0. The van der Waals surface area contributed by atoms with Gasteiger partial charge in [-0.1, -0.05) is 29.5 Å². The molecule has 1 atom stereocenters. The number of nitrogens with one attached hydrogen (secondary N) is 1. The maximum Gasteiger partial charge on any atom is 0.174 e. The number of anilines is 1. The smallest absolute Gasteiger partial charge is 0.174 e. The first-order valence-corrected chi connectivity index (χ1v) is 10.8. The summed E-state index contributed by atoms with van der Waals surface area (Å²) < 4.78 is 0. The van der Waals surface area contributed by atoms with E-state index in [1.165, 1.54) is 4.88 Å². The van der Waals surface area contributed by atoms with Gasteiger partial charge in [0.15, 0.2) is 5.11 Å². The molecular weight excluding hydrogens is 404 g/mol. The molecule has 0 bridgehead atoms. The zero-order chi connectivity index (χ0) is 18.7. The lowest BCUT2D eigenvalue weighted by Gasteiger charge is -2.26. The number of halogens is 1. The Balaban J connectivity index is 1.73. The number of aliphatic hydroxyl groups is 1. The van der Waals surface area contributed by atoms with Crippen LogP contribution in [-0.4, -0.2) is 33.0 Å². The summed E-state index contributed by atoms with van der Waals surface area (Å²) in [6.45, 7) is 4.26. The second-order valence-electron chi connectivity index (χ2n) is 6.37. The van der Waals surface area contributed by atoms with Gasteiger partial charge in [0.2, 0.25) is 0 Å². The molecule has 0 radical (unpaired) electrons. The van der Waals surface area contributed by atoms with E-state index in [1.54, 1.807) is 25.2 Å². The van der Waals surface area contributed by atoms with Gasteiger partial charge in [0.05, 0.1) is 4.88 Å². The van der Waals surface area contributed by atoms with Gasteiger partial charge in [0, 0.05) is 27.9 Å². The van der Waals surface area contributed by atoms with Gasteiger partial charge in [-0.2, -0.15) is 0 Å². The maximum atomic E-state index is 9.76. The molecule has 1 aliphatic rings. The van der Waals surface area contributed by atoms with Crippen molar-refractivity contribution in [3.8, 4) is 11.8 Å². The van der Waals surface area contributed by atoms with Crippen LogP contribution in [0.3, 0.4) is 0 Å². The van der Waals surface area contributed by atoms with Crippen LogP contribution in [0.15, 0.2) is 36.4 Å². The molecule has 136 valence electrons. The van der Waals surface area contributed by atoms with Crippen molar-refractivity contribution >= 4 is 57.7 Å². The van der Waals surface area contributed by atoms with Crippen molar-refractivity contribution in [2.45, 2.75) is 24.8 Å². The van der Waals surface area contributed by atoms with Crippen molar-refractivity contribution in [1.29, 1.82) is 0 Å². The van der Waals surface area contributed by atoms with E-state index in [-0.39, 0.29) is 5.37 Å². The van der Waals surface area contributed by atoms with Gasteiger partial charge in [0.1, 0.15) is 11.0 Å². The minimum atomic E-state index is -0.985. The van der Waals surface area contributed by atoms with Crippen LogP contribution in [0.25, 0.3) is 0 Å². The van der Waals surface area contributed by atoms with Crippen LogP contribution in [0.1, 0.15) is 29.0 Å². The minimum Gasteiger partial charge on any atom is -0.378 e. The lowest BCUT2D eigenvalue weighted by molar-refractivity contribution is 0.143. The van der Waals surface area contributed by atoms with Crippen molar-refractivity contribution in [2.75, 3.05) is 17.6 Å². The third-order valence-electron chi connectivity index (χ3n) is 3.59. The Labute approximate surface area is 172 Å². The predicted molar refractivity (Wildman–Crippen MR) is 117 cm³/mol. The van der Waals surface area contributed by atoms with Crippen LogP contribution in [0.5, 0.6) is 0 Å². The Morgan fingerprint density at radius 1 is 1.38 bits per heavy atom. The molecule has 3 nitrogen and oxygen atoms in total. The van der Waals surface area contributed by atoms with Gasteiger partial charge in [-0.25, -0.2) is 0 Å². The molecule has 1 aliphatic heterocycles. The van der Waals surface area contributed by atoms with E-state index in [0.717, 1.165) is 22.9 Å². The van der Waals surface area contributed by atoms with E-state index in [4.69, 9.17) is 23.8 Å². The Morgan fingerprint density at radius 2 is 2.19 bits per heavy atom. The predicted octanol–water partition coefficient (Wildman–Crippen LogP) is 4.97. The molecule has 1 aromatic heterocycles. The van der Waals surface area contributed by atoms with Gasteiger partial charge < -0.3 is 15.3 Å². The monoisotopic (exact) mass is 422 g/mol. The Kier molecular flexibility index (Phi) is 6.16. The molecule has 2 aromatic rings. The highest BCUT2D eigenvalue weighted by Crippen LogP contribution is 2.41. The quantitative estimate of drug-likeness (QED) is 0.527. The Morgan fingerprint density at radius 3 is 2.92 bits per heavy atom. The highest BCUT2D eigenvalue weighted by atomic mass is 35.5. The summed E-state index contributed by atoms with van der Waals surface area (Å²) in [5.74, 6) is 6.92. The van der Waals surface area contributed by atoms with Gasteiger partial charge in [-0.05, 0) is 56.4 Å². The molecule has 1 unspecified atom stereocenters. The van der Waals surface area contributed by atoms with E-state index in [0.29, 0.717) is 10.1 Å². The average Bonchev–Trinajstić information content (AvgIpc) is 3.21. The summed E-state index contributed by atoms with van der Waals surface area (Å²) in [5, 5.41) is 14.6. The van der Waals surface area contributed by atoms with Crippen LogP contribution in [0.4, 0.5) is 5.69 Å². The van der Waals surface area contributed by atoms with Crippen LogP contribution >= 0.6 is 46.9 Å². The number of nitrogens with zero attached hydrogens (tertiary/aromatic N) is 1. The third-order valence-corrected chi connectivity index (χ3v) is 6.61. The largest absolute Gasteiger partial charge is 0.378 e. The minimum absolute atomic E-state index is 0.178. The molecule has 0 spiro atoms. The number of hydrogen-bond donors (Lipinski definition) is 2. The van der Waals surface area contributed by atoms with Gasteiger partial charge in [0.25, 0.3) is 0 Å².